The smallest absolute Gasteiger partial charge is 0.123 e. The molecule has 2 unspecified atom stereocenters. The van der Waals surface area contributed by atoms with E-state index in [-0.39, 0.29) is 11.9 Å². The molecule has 1 heterocycles. The summed E-state index contributed by atoms with van der Waals surface area (Å²) in [5.74, 6) is -0.318. The molecule has 0 saturated heterocycles. The van der Waals surface area contributed by atoms with E-state index in [9.17, 15) is 9.50 Å². The molecule has 3 heteroatoms. The summed E-state index contributed by atoms with van der Waals surface area (Å²) in [6, 6.07) is 14.0. The van der Waals surface area contributed by atoms with E-state index < -0.39 is 6.10 Å². The largest absolute Gasteiger partial charge is 0.386 e. The molecule has 2 N–H and O–H groups in total. The number of fused-ring (bicyclic) bond motifs is 1. The monoisotopic (exact) mass is 243 g/mol. The van der Waals surface area contributed by atoms with Gasteiger partial charge in [-0.05, 0) is 35.7 Å². The molecule has 0 radical (unpaired) electrons. The van der Waals surface area contributed by atoms with E-state index in [0.717, 1.165) is 12.1 Å². The van der Waals surface area contributed by atoms with E-state index in [1.807, 2.05) is 24.3 Å². The van der Waals surface area contributed by atoms with Crippen molar-refractivity contribution in [3.05, 3.63) is 65.5 Å². The normalized spacial score (nSPS) is 19.1. The fourth-order valence-corrected chi connectivity index (χ4v) is 2.44. The van der Waals surface area contributed by atoms with Gasteiger partial charge in [0.1, 0.15) is 5.82 Å². The Morgan fingerprint density at radius 3 is 2.78 bits per heavy atom. The van der Waals surface area contributed by atoms with Crippen LogP contribution in [0.3, 0.4) is 0 Å². The SMILES string of the molecule is OC(c1cccc(F)c1)C1Cc2ccccc2N1. The number of aliphatic hydroxyl groups is 1. The van der Waals surface area contributed by atoms with Crippen LogP contribution in [-0.4, -0.2) is 11.1 Å². The first-order valence-electron chi connectivity index (χ1n) is 6.02. The van der Waals surface area contributed by atoms with Crippen molar-refractivity contribution < 1.29 is 9.50 Å². The second kappa shape index (κ2) is 4.42. The third-order valence-corrected chi connectivity index (χ3v) is 3.37. The Balaban J connectivity index is 1.82. The van der Waals surface area contributed by atoms with Crippen LogP contribution in [0.2, 0.25) is 0 Å². The van der Waals surface area contributed by atoms with Crippen molar-refractivity contribution in [3.8, 4) is 0 Å². The van der Waals surface area contributed by atoms with Gasteiger partial charge in [-0.25, -0.2) is 4.39 Å². The van der Waals surface area contributed by atoms with Crippen molar-refractivity contribution in [1.82, 2.24) is 0 Å². The fourth-order valence-electron chi connectivity index (χ4n) is 2.44. The zero-order valence-corrected chi connectivity index (χ0v) is 9.81. The van der Waals surface area contributed by atoms with Gasteiger partial charge in [-0.1, -0.05) is 30.3 Å². The first kappa shape index (κ1) is 11.2. The summed E-state index contributed by atoms with van der Waals surface area (Å²) in [7, 11) is 0. The first-order valence-corrected chi connectivity index (χ1v) is 6.02. The number of rotatable bonds is 2. The van der Waals surface area contributed by atoms with Gasteiger partial charge in [0.2, 0.25) is 0 Å². The fraction of sp³-hybridized carbons (Fsp3) is 0.200. The van der Waals surface area contributed by atoms with E-state index in [1.165, 1.54) is 17.7 Å². The second-order valence-corrected chi connectivity index (χ2v) is 4.61. The number of benzene rings is 2. The molecule has 0 aromatic heterocycles. The van der Waals surface area contributed by atoms with Crippen molar-refractivity contribution >= 4 is 5.69 Å². The predicted molar refractivity (Wildman–Crippen MR) is 68.9 cm³/mol. The van der Waals surface area contributed by atoms with E-state index in [4.69, 9.17) is 0 Å². The summed E-state index contributed by atoms with van der Waals surface area (Å²) >= 11 is 0. The molecule has 0 amide bonds. The number of para-hydroxylation sites is 1. The number of hydrogen-bond donors (Lipinski definition) is 2. The summed E-state index contributed by atoms with van der Waals surface area (Å²) in [5, 5.41) is 13.6. The Labute approximate surface area is 105 Å². The molecule has 1 aliphatic heterocycles. The highest BCUT2D eigenvalue weighted by Gasteiger charge is 2.27. The number of aliphatic hydroxyl groups excluding tert-OH is 1. The molecule has 3 rings (SSSR count). The van der Waals surface area contributed by atoms with Gasteiger partial charge in [-0.3, -0.25) is 0 Å². The molecule has 0 spiro atoms. The topological polar surface area (TPSA) is 32.3 Å². The van der Waals surface area contributed by atoms with Crippen LogP contribution < -0.4 is 5.32 Å². The minimum Gasteiger partial charge on any atom is -0.386 e. The molecule has 2 aromatic rings. The maximum absolute atomic E-state index is 13.1. The maximum atomic E-state index is 13.1. The molecule has 92 valence electrons. The van der Waals surface area contributed by atoms with Crippen LogP contribution in [-0.2, 0) is 6.42 Å². The van der Waals surface area contributed by atoms with Crippen LogP contribution in [0, 0.1) is 5.82 Å². The number of nitrogens with one attached hydrogen (secondary N) is 1. The van der Waals surface area contributed by atoms with Crippen molar-refractivity contribution in [1.29, 1.82) is 0 Å². The van der Waals surface area contributed by atoms with E-state index in [1.54, 1.807) is 12.1 Å². The molecular weight excluding hydrogens is 229 g/mol. The zero-order valence-electron chi connectivity index (χ0n) is 9.81. The molecule has 2 nitrogen and oxygen atoms in total. The van der Waals surface area contributed by atoms with E-state index >= 15 is 0 Å². The Kier molecular flexibility index (Phi) is 2.76. The number of anilines is 1. The molecule has 2 aromatic carbocycles. The Bertz CT molecular complexity index is 545. The lowest BCUT2D eigenvalue weighted by Gasteiger charge is -2.19. The lowest BCUT2D eigenvalue weighted by atomic mass is 9.99. The molecule has 18 heavy (non-hydrogen) atoms. The standard InChI is InChI=1S/C15H14FNO/c16-12-6-3-5-11(8-12)15(18)14-9-10-4-1-2-7-13(10)17-14/h1-8,14-15,17-18H,9H2. The third kappa shape index (κ3) is 1.97. The van der Waals surface area contributed by atoms with Gasteiger partial charge >= 0.3 is 0 Å². The van der Waals surface area contributed by atoms with Gasteiger partial charge < -0.3 is 10.4 Å². The van der Waals surface area contributed by atoms with Gasteiger partial charge in [0.25, 0.3) is 0 Å². The lowest BCUT2D eigenvalue weighted by molar-refractivity contribution is 0.156. The van der Waals surface area contributed by atoms with Crippen molar-refractivity contribution in [3.63, 3.8) is 0 Å². The highest BCUT2D eigenvalue weighted by molar-refractivity contribution is 5.57. The third-order valence-electron chi connectivity index (χ3n) is 3.37. The van der Waals surface area contributed by atoms with Crippen molar-refractivity contribution in [2.24, 2.45) is 0 Å². The average molecular weight is 243 g/mol. The molecule has 0 fully saturated rings. The minimum absolute atomic E-state index is 0.0933. The van der Waals surface area contributed by atoms with Crippen LogP contribution in [0.4, 0.5) is 10.1 Å². The van der Waals surface area contributed by atoms with Crippen molar-refractivity contribution in [2.75, 3.05) is 5.32 Å². The van der Waals surface area contributed by atoms with E-state index in [0.29, 0.717) is 5.56 Å². The highest BCUT2D eigenvalue weighted by atomic mass is 19.1. The van der Waals surface area contributed by atoms with Crippen LogP contribution in [0.5, 0.6) is 0 Å². The van der Waals surface area contributed by atoms with Gasteiger partial charge in [0, 0.05) is 5.69 Å². The molecule has 0 aliphatic carbocycles. The predicted octanol–water partition coefficient (Wildman–Crippen LogP) is 2.90. The number of hydrogen-bond acceptors (Lipinski definition) is 2. The second-order valence-electron chi connectivity index (χ2n) is 4.61. The Morgan fingerprint density at radius 2 is 2.00 bits per heavy atom. The molecule has 0 saturated carbocycles. The van der Waals surface area contributed by atoms with Gasteiger partial charge in [0.05, 0.1) is 12.1 Å². The minimum atomic E-state index is -0.701. The first-order chi connectivity index (χ1) is 8.74. The van der Waals surface area contributed by atoms with Gasteiger partial charge in [-0.15, -0.1) is 0 Å². The summed E-state index contributed by atoms with van der Waals surface area (Å²) in [6.07, 6.45) is 0.0570. The Morgan fingerprint density at radius 1 is 1.17 bits per heavy atom. The van der Waals surface area contributed by atoms with Crippen LogP contribution in [0.15, 0.2) is 48.5 Å². The van der Waals surface area contributed by atoms with Crippen LogP contribution in [0.25, 0.3) is 0 Å². The Hall–Kier alpha value is -1.87. The van der Waals surface area contributed by atoms with Gasteiger partial charge in [-0.2, -0.15) is 0 Å². The summed E-state index contributed by atoms with van der Waals surface area (Å²) in [6.45, 7) is 0. The average Bonchev–Trinajstić information content (AvgIpc) is 2.81. The summed E-state index contributed by atoms with van der Waals surface area (Å²) in [4.78, 5) is 0. The zero-order chi connectivity index (χ0) is 12.5. The number of halogens is 1. The summed E-state index contributed by atoms with van der Waals surface area (Å²) < 4.78 is 13.1. The van der Waals surface area contributed by atoms with E-state index in [2.05, 4.69) is 5.32 Å². The van der Waals surface area contributed by atoms with Crippen LogP contribution in [0.1, 0.15) is 17.2 Å². The molecule has 2 atom stereocenters. The van der Waals surface area contributed by atoms with Crippen LogP contribution >= 0.6 is 0 Å². The quantitative estimate of drug-likeness (QED) is 0.850. The summed E-state index contributed by atoms with van der Waals surface area (Å²) in [5.41, 5.74) is 2.86. The molecular formula is C15H14FNO. The van der Waals surface area contributed by atoms with Crippen molar-refractivity contribution in [2.45, 2.75) is 18.6 Å². The lowest BCUT2D eigenvalue weighted by Crippen LogP contribution is -2.24. The molecule has 0 bridgehead atoms. The molecule has 1 aliphatic rings. The maximum Gasteiger partial charge on any atom is 0.123 e. The van der Waals surface area contributed by atoms with Gasteiger partial charge in [0.15, 0.2) is 0 Å². The highest BCUT2D eigenvalue weighted by Crippen LogP contribution is 2.31.